The molecule has 0 spiro atoms. The molecule has 0 radical (unpaired) electrons. The summed E-state index contributed by atoms with van der Waals surface area (Å²) in [5.41, 5.74) is 8.83. The molecule has 3 heteroatoms. The number of unbranched alkanes of at least 4 members (excludes halogenated alkanes) is 1. The van der Waals surface area contributed by atoms with Gasteiger partial charge in [0.2, 0.25) is 0 Å². The van der Waals surface area contributed by atoms with E-state index in [1.165, 1.54) is 12.8 Å². The Hall–Kier alpha value is -1.09. The van der Waals surface area contributed by atoms with Crippen molar-refractivity contribution in [2.45, 2.75) is 26.7 Å². The summed E-state index contributed by atoms with van der Waals surface area (Å²) in [6, 6.07) is 6.09. The molecule has 1 aromatic carbocycles. The average Bonchev–Trinajstić information content (AvgIpc) is 2.17. The number of hydrogen-bond donors (Lipinski definition) is 2. The fourth-order valence-electron chi connectivity index (χ4n) is 1.46. The van der Waals surface area contributed by atoms with Gasteiger partial charge < -0.3 is 11.1 Å². The zero-order chi connectivity index (χ0) is 11.3. The molecule has 82 valence electrons. The summed E-state index contributed by atoms with van der Waals surface area (Å²) in [7, 11) is 0. The molecule has 2 nitrogen and oxygen atoms in total. The molecule has 0 saturated carbocycles. The Labute approximate surface area is 96.9 Å². The van der Waals surface area contributed by atoms with Crippen molar-refractivity contribution in [1.82, 2.24) is 0 Å². The maximum absolute atomic E-state index is 5.60. The van der Waals surface area contributed by atoms with Crippen LogP contribution in [0.1, 0.15) is 30.9 Å². The highest BCUT2D eigenvalue weighted by molar-refractivity contribution is 7.80. The molecule has 15 heavy (non-hydrogen) atoms. The van der Waals surface area contributed by atoms with Gasteiger partial charge in [-0.2, -0.15) is 0 Å². The van der Waals surface area contributed by atoms with Crippen LogP contribution in [0.3, 0.4) is 0 Å². The van der Waals surface area contributed by atoms with E-state index in [-0.39, 0.29) is 0 Å². The van der Waals surface area contributed by atoms with Crippen LogP contribution in [0.25, 0.3) is 0 Å². The summed E-state index contributed by atoms with van der Waals surface area (Å²) < 4.78 is 0. The van der Waals surface area contributed by atoms with Gasteiger partial charge in [0, 0.05) is 17.8 Å². The summed E-state index contributed by atoms with van der Waals surface area (Å²) in [5, 5.41) is 3.37. The fraction of sp³-hybridized carbons (Fsp3) is 0.417. The second kappa shape index (κ2) is 5.71. The standard InChI is InChI=1S/C12H18N2S/c1-3-4-7-14-10-5-6-11(12(13)15)9(2)8-10/h5-6,8,14H,3-4,7H2,1-2H3,(H2,13,15). The highest BCUT2D eigenvalue weighted by Crippen LogP contribution is 2.15. The number of anilines is 1. The second-order valence-electron chi connectivity index (χ2n) is 3.67. The highest BCUT2D eigenvalue weighted by Gasteiger charge is 2.01. The van der Waals surface area contributed by atoms with Crippen molar-refractivity contribution in [1.29, 1.82) is 0 Å². The summed E-state index contributed by atoms with van der Waals surface area (Å²) in [5.74, 6) is 0. The second-order valence-corrected chi connectivity index (χ2v) is 4.11. The van der Waals surface area contributed by atoms with Crippen molar-refractivity contribution in [3.05, 3.63) is 29.3 Å². The Balaban J connectivity index is 2.69. The summed E-state index contributed by atoms with van der Waals surface area (Å²) >= 11 is 4.96. The Morgan fingerprint density at radius 3 is 2.73 bits per heavy atom. The van der Waals surface area contributed by atoms with E-state index in [2.05, 4.69) is 18.3 Å². The Morgan fingerprint density at radius 2 is 2.20 bits per heavy atom. The first kappa shape index (κ1) is 12.0. The molecule has 0 unspecified atom stereocenters. The van der Waals surface area contributed by atoms with Crippen LogP contribution in [0.2, 0.25) is 0 Å². The molecule has 0 bridgehead atoms. The van der Waals surface area contributed by atoms with E-state index >= 15 is 0 Å². The van der Waals surface area contributed by atoms with Gasteiger partial charge in [0.15, 0.2) is 0 Å². The third-order valence-electron chi connectivity index (χ3n) is 2.35. The number of nitrogens with one attached hydrogen (secondary N) is 1. The van der Waals surface area contributed by atoms with Gasteiger partial charge in [-0.1, -0.05) is 25.6 Å². The van der Waals surface area contributed by atoms with Crippen LogP contribution in [-0.2, 0) is 0 Å². The predicted molar refractivity (Wildman–Crippen MR) is 70.5 cm³/mol. The van der Waals surface area contributed by atoms with Crippen LogP contribution in [0.5, 0.6) is 0 Å². The Bertz CT molecular complexity index is 347. The molecule has 3 N–H and O–H groups in total. The molecule has 0 heterocycles. The van der Waals surface area contributed by atoms with Crippen molar-refractivity contribution in [2.24, 2.45) is 5.73 Å². The maximum Gasteiger partial charge on any atom is 0.104 e. The molecule has 0 saturated heterocycles. The molecule has 0 fully saturated rings. The molecular weight excluding hydrogens is 204 g/mol. The van der Waals surface area contributed by atoms with Crippen LogP contribution in [0, 0.1) is 6.92 Å². The molecule has 0 aliphatic heterocycles. The van der Waals surface area contributed by atoms with Crippen molar-refractivity contribution in [3.63, 3.8) is 0 Å². The van der Waals surface area contributed by atoms with Gasteiger partial charge in [-0.3, -0.25) is 0 Å². The number of nitrogens with two attached hydrogens (primary N) is 1. The first-order valence-electron chi connectivity index (χ1n) is 5.29. The van der Waals surface area contributed by atoms with E-state index < -0.39 is 0 Å². The summed E-state index contributed by atoms with van der Waals surface area (Å²) in [4.78, 5) is 0.465. The van der Waals surface area contributed by atoms with E-state index in [0.29, 0.717) is 4.99 Å². The van der Waals surface area contributed by atoms with E-state index in [0.717, 1.165) is 23.4 Å². The molecule has 1 aromatic rings. The quantitative estimate of drug-likeness (QED) is 0.594. The van der Waals surface area contributed by atoms with Gasteiger partial charge in [0.1, 0.15) is 4.99 Å². The number of thiocarbonyl (C=S) groups is 1. The summed E-state index contributed by atoms with van der Waals surface area (Å²) in [6.45, 7) is 5.23. The zero-order valence-electron chi connectivity index (χ0n) is 9.34. The molecule has 0 atom stereocenters. The van der Waals surface area contributed by atoms with Crippen molar-refractivity contribution in [2.75, 3.05) is 11.9 Å². The van der Waals surface area contributed by atoms with Gasteiger partial charge in [-0.25, -0.2) is 0 Å². The molecular formula is C12H18N2S. The van der Waals surface area contributed by atoms with E-state index in [1.807, 2.05) is 19.1 Å². The lowest BCUT2D eigenvalue weighted by atomic mass is 10.1. The average molecular weight is 222 g/mol. The molecule has 0 aliphatic carbocycles. The monoisotopic (exact) mass is 222 g/mol. The van der Waals surface area contributed by atoms with Crippen molar-refractivity contribution in [3.8, 4) is 0 Å². The molecule has 0 amide bonds. The minimum absolute atomic E-state index is 0.465. The van der Waals surface area contributed by atoms with Gasteiger partial charge in [-0.05, 0) is 37.1 Å². The number of benzene rings is 1. The van der Waals surface area contributed by atoms with Crippen LogP contribution >= 0.6 is 12.2 Å². The van der Waals surface area contributed by atoms with Crippen LogP contribution in [0.15, 0.2) is 18.2 Å². The maximum atomic E-state index is 5.60. The molecule has 0 aromatic heterocycles. The van der Waals surface area contributed by atoms with Gasteiger partial charge in [0.25, 0.3) is 0 Å². The number of hydrogen-bond acceptors (Lipinski definition) is 2. The smallest absolute Gasteiger partial charge is 0.104 e. The van der Waals surface area contributed by atoms with Crippen molar-refractivity contribution < 1.29 is 0 Å². The number of aryl methyl sites for hydroxylation is 1. The number of rotatable bonds is 5. The summed E-state index contributed by atoms with van der Waals surface area (Å²) in [6.07, 6.45) is 2.40. The Kier molecular flexibility index (Phi) is 4.56. The normalized spacial score (nSPS) is 10.0. The largest absolute Gasteiger partial charge is 0.389 e. The fourth-order valence-corrected chi connectivity index (χ4v) is 1.69. The minimum atomic E-state index is 0.465. The molecule has 0 aliphatic rings. The lowest BCUT2D eigenvalue weighted by molar-refractivity contribution is 0.834. The molecule has 1 rings (SSSR count). The first-order valence-corrected chi connectivity index (χ1v) is 5.70. The third-order valence-corrected chi connectivity index (χ3v) is 2.57. The Morgan fingerprint density at radius 1 is 1.47 bits per heavy atom. The minimum Gasteiger partial charge on any atom is -0.389 e. The SMILES string of the molecule is CCCCNc1ccc(C(N)=S)c(C)c1. The third kappa shape index (κ3) is 3.51. The van der Waals surface area contributed by atoms with Crippen LogP contribution in [0.4, 0.5) is 5.69 Å². The topological polar surface area (TPSA) is 38.0 Å². The van der Waals surface area contributed by atoms with Gasteiger partial charge >= 0.3 is 0 Å². The van der Waals surface area contributed by atoms with Crippen molar-refractivity contribution >= 4 is 22.9 Å². The van der Waals surface area contributed by atoms with Crippen LogP contribution in [-0.4, -0.2) is 11.5 Å². The van der Waals surface area contributed by atoms with Gasteiger partial charge in [-0.15, -0.1) is 0 Å². The lowest BCUT2D eigenvalue weighted by Gasteiger charge is -2.09. The lowest BCUT2D eigenvalue weighted by Crippen LogP contribution is -2.11. The van der Waals surface area contributed by atoms with E-state index in [4.69, 9.17) is 18.0 Å². The van der Waals surface area contributed by atoms with Crippen LogP contribution < -0.4 is 11.1 Å². The van der Waals surface area contributed by atoms with E-state index in [1.54, 1.807) is 0 Å². The predicted octanol–water partition coefficient (Wildman–Crippen LogP) is 2.84. The first-order chi connectivity index (χ1) is 7.15. The zero-order valence-corrected chi connectivity index (χ0v) is 10.2. The van der Waals surface area contributed by atoms with E-state index in [9.17, 15) is 0 Å². The van der Waals surface area contributed by atoms with Gasteiger partial charge in [0.05, 0.1) is 0 Å². The highest BCUT2D eigenvalue weighted by atomic mass is 32.1.